The van der Waals surface area contributed by atoms with E-state index in [1.807, 2.05) is 59.5 Å². The van der Waals surface area contributed by atoms with Crippen LogP contribution in [0.25, 0.3) is 0 Å². The maximum absolute atomic E-state index is 12.4. The van der Waals surface area contributed by atoms with Gasteiger partial charge < -0.3 is 14.4 Å². The van der Waals surface area contributed by atoms with Gasteiger partial charge in [-0.3, -0.25) is 4.79 Å². The smallest absolute Gasteiger partial charge is 0.325 e. The highest BCUT2D eigenvalue weighted by Crippen LogP contribution is 2.41. The lowest BCUT2D eigenvalue weighted by atomic mass is 9.93. The second-order valence-electron chi connectivity index (χ2n) is 6.89. The molecule has 0 aliphatic carbocycles. The van der Waals surface area contributed by atoms with Crippen LogP contribution in [0.4, 0.5) is 5.69 Å². The molecule has 3 aromatic carbocycles. The van der Waals surface area contributed by atoms with Crippen molar-refractivity contribution >= 4 is 33.4 Å². The maximum Gasteiger partial charge on any atom is 0.325 e. The lowest BCUT2D eigenvalue weighted by molar-refractivity contribution is -0.141. The van der Waals surface area contributed by atoms with Crippen LogP contribution in [0.5, 0.6) is 5.75 Å². The number of fused-ring (bicyclic) bond motifs is 1. The van der Waals surface area contributed by atoms with E-state index >= 15 is 0 Å². The van der Waals surface area contributed by atoms with Crippen LogP contribution in [-0.4, -0.2) is 37.5 Å². The number of methoxy groups -OCH3 is 2. The van der Waals surface area contributed by atoms with Gasteiger partial charge in [-0.05, 0) is 35.9 Å². The highest BCUT2D eigenvalue weighted by Gasteiger charge is 2.33. The molecular weight excluding hydrogens is 444 g/mol. The van der Waals surface area contributed by atoms with Gasteiger partial charge in [-0.15, -0.1) is 0 Å². The molecular formula is C24H21BrN2O3. The van der Waals surface area contributed by atoms with E-state index in [2.05, 4.69) is 34.1 Å². The number of halogens is 1. The monoisotopic (exact) mass is 464 g/mol. The largest absolute Gasteiger partial charge is 0.497 e. The van der Waals surface area contributed by atoms with Gasteiger partial charge in [0.25, 0.3) is 0 Å². The first kappa shape index (κ1) is 20.2. The number of esters is 1. The fourth-order valence-electron chi connectivity index (χ4n) is 3.67. The predicted molar refractivity (Wildman–Crippen MR) is 120 cm³/mol. The third-order valence-corrected chi connectivity index (χ3v) is 5.56. The molecule has 1 aliphatic heterocycles. The van der Waals surface area contributed by atoms with Crippen LogP contribution in [0.1, 0.15) is 22.7 Å². The Hall–Kier alpha value is -3.12. The molecule has 0 amide bonds. The summed E-state index contributed by atoms with van der Waals surface area (Å²) in [5.74, 6) is 1.10. The Kier molecular flexibility index (Phi) is 5.86. The number of amidine groups is 1. The molecule has 3 aromatic rings. The Morgan fingerprint density at radius 3 is 2.57 bits per heavy atom. The molecule has 5 nitrogen and oxygen atoms in total. The predicted octanol–water partition coefficient (Wildman–Crippen LogP) is 5.11. The van der Waals surface area contributed by atoms with Crippen LogP contribution < -0.4 is 4.74 Å². The lowest BCUT2D eigenvalue weighted by Gasteiger charge is -2.38. The van der Waals surface area contributed by atoms with Crippen LogP contribution in [0.15, 0.2) is 82.3 Å². The molecule has 0 bridgehead atoms. The van der Waals surface area contributed by atoms with Gasteiger partial charge in [-0.1, -0.05) is 58.4 Å². The van der Waals surface area contributed by atoms with Gasteiger partial charge >= 0.3 is 5.97 Å². The maximum atomic E-state index is 12.4. The molecule has 1 unspecified atom stereocenters. The molecule has 0 aromatic heterocycles. The van der Waals surface area contributed by atoms with E-state index < -0.39 is 0 Å². The summed E-state index contributed by atoms with van der Waals surface area (Å²) in [5.41, 5.74) is 3.82. The third-order valence-electron chi connectivity index (χ3n) is 5.06. The van der Waals surface area contributed by atoms with Crippen molar-refractivity contribution in [3.63, 3.8) is 0 Å². The van der Waals surface area contributed by atoms with Gasteiger partial charge in [0.05, 0.1) is 25.9 Å². The van der Waals surface area contributed by atoms with Crippen molar-refractivity contribution in [2.24, 2.45) is 4.99 Å². The van der Waals surface area contributed by atoms with E-state index in [9.17, 15) is 4.79 Å². The van der Waals surface area contributed by atoms with Gasteiger partial charge in [0.1, 0.15) is 18.1 Å². The summed E-state index contributed by atoms with van der Waals surface area (Å²) in [6.45, 7) is 0.0675. The van der Waals surface area contributed by atoms with Gasteiger partial charge in [-0.2, -0.15) is 0 Å². The van der Waals surface area contributed by atoms with Crippen molar-refractivity contribution in [2.75, 3.05) is 20.8 Å². The molecule has 0 radical (unpaired) electrons. The first-order chi connectivity index (χ1) is 14.6. The summed E-state index contributed by atoms with van der Waals surface area (Å²) in [6, 6.07) is 23.6. The normalized spacial score (nSPS) is 15.2. The van der Waals surface area contributed by atoms with E-state index in [0.717, 1.165) is 32.6 Å². The summed E-state index contributed by atoms with van der Waals surface area (Å²) in [5, 5.41) is 0. The molecule has 1 heterocycles. The van der Waals surface area contributed by atoms with E-state index in [4.69, 9.17) is 14.5 Å². The van der Waals surface area contributed by atoms with Crippen molar-refractivity contribution in [2.45, 2.75) is 6.04 Å². The summed E-state index contributed by atoms with van der Waals surface area (Å²) in [7, 11) is 3.03. The summed E-state index contributed by atoms with van der Waals surface area (Å²) in [6.07, 6.45) is 0. The van der Waals surface area contributed by atoms with E-state index in [-0.39, 0.29) is 18.6 Å². The van der Waals surface area contributed by atoms with Crippen LogP contribution >= 0.6 is 15.9 Å². The first-order valence-electron chi connectivity index (χ1n) is 9.51. The molecule has 4 rings (SSSR count). The average Bonchev–Trinajstić information content (AvgIpc) is 2.79. The minimum Gasteiger partial charge on any atom is -0.497 e. The summed E-state index contributed by atoms with van der Waals surface area (Å²) < 4.78 is 11.4. The van der Waals surface area contributed by atoms with Crippen LogP contribution in [0, 0.1) is 0 Å². The molecule has 1 atom stereocenters. The Morgan fingerprint density at radius 1 is 1.03 bits per heavy atom. The Morgan fingerprint density at radius 2 is 1.83 bits per heavy atom. The minimum absolute atomic E-state index is 0.0675. The van der Waals surface area contributed by atoms with Gasteiger partial charge in [0.15, 0.2) is 0 Å². The zero-order valence-electron chi connectivity index (χ0n) is 16.7. The van der Waals surface area contributed by atoms with E-state index in [0.29, 0.717) is 5.84 Å². The standard InChI is InChI=1S/C24H21BrN2O3/c1-29-19-10-6-9-17(13-19)24-26-21-12-11-18(25)14-20(21)23(16-7-4-3-5-8-16)27(24)15-22(28)30-2/h3-14,23H,15H2,1-2H3. The number of hydrogen-bond donors (Lipinski definition) is 0. The van der Waals surface area contributed by atoms with Crippen molar-refractivity contribution < 1.29 is 14.3 Å². The molecule has 0 saturated carbocycles. The molecule has 30 heavy (non-hydrogen) atoms. The quantitative estimate of drug-likeness (QED) is 0.492. The van der Waals surface area contributed by atoms with E-state index in [1.54, 1.807) is 7.11 Å². The Bertz CT molecular complexity index is 1100. The Balaban J connectivity index is 1.94. The summed E-state index contributed by atoms with van der Waals surface area (Å²) >= 11 is 3.58. The molecule has 1 aliphatic rings. The van der Waals surface area contributed by atoms with Crippen molar-refractivity contribution in [3.05, 3.63) is 94.0 Å². The number of nitrogens with zero attached hydrogens (tertiary/aromatic N) is 2. The molecule has 0 N–H and O–H groups in total. The van der Waals surface area contributed by atoms with Crippen LogP contribution in [0.3, 0.4) is 0 Å². The zero-order chi connectivity index (χ0) is 21.1. The molecule has 0 spiro atoms. The highest BCUT2D eigenvalue weighted by atomic mass is 79.9. The fraction of sp³-hybridized carbons (Fsp3) is 0.167. The molecule has 6 heteroatoms. The number of rotatable bonds is 5. The van der Waals surface area contributed by atoms with Gasteiger partial charge in [0, 0.05) is 15.6 Å². The van der Waals surface area contributed by atoms with Crippen molar-refractivity contribution in [1.29, 1.82) is 0 Å². The van der Waals surface area contributed by atoms with Crippen molar-refractivity contribution in [3.8, 4) is 5.75 Å². The minimum atomic E-state index is -0.329. The topological polar surface area (TPSA) is 51.1 Å². The number of ether oxygens (including phenoxy) is 2. The summed E-state index contributed by atoms with van der Waals surface area (Å²) in [4.78, 5) is 19.3. The highest BCUT2D eigenvalue weighted by molar-refractivity contribution is 9.10. The molecule has 0 saturated heterocycles. The second-order valence-corrected chi connectivity index (χ2v) is 7.80. The SMILES string of the molecule is COC(=O)CN1C(c2cccc(OC)c2)=Nc2ccc(Br)cc2C1c1ccccc1. The van der Waals surface area contributed by atoms with Gasteiger partial charge in [-0.25, -0.2) is 4.99 Å². The first-order valence-corrected chi connectivity index (χ1v) is 10.3. The average molecular weight is 465 g/mol. The van der Waals surface area contributed by atoms with E-state index in [1.165, 1.54) is 7.11 Å². The fourth-order valence-corrected chi connectivity index (χ4v) is 4.05. The zero-order valence-corrected chi connectivity index (χ0v) is 18.3. The second kappa shape index (κ2) is 8.71. The van der Waals surface area contributed by atoms with Gasteiger partial charge in [0.2, 0.25) is 0 Å². The number of carbonyl (C=O) groups is 1. The van der Waals surface area contributed by atoms with Crippen molar-refractivity contribution in [1.82, 2.24) is 4.90 Å². The Labute approximate surface area is 184 Å². The van der Waals surface area contributed by atoms with Crippen LogP contribution in [-0.2, 0) is 9.53 Å². The number of carbonyl (C=O) groups excluding carboxylic acids is 1. The van der Waals surface area contributed by atoms with Crippen LogP contribution in [0.2, 0.25) is 0 Å². The number of hydrogen-bond acceptors (Lipinski definition) is 5. The molecule has 152 valence electrons. The third kappa shape index (κ3) is 3.96. The lowest BCUT2D eigenvalue weighted by Crippen LogP contribution is -2.42. The molecule has 0 fully saturated rings. The number of benzene rings is 3. The number of aliphatic imine (C=N–C) groups is 1.